The molecule has 0 radical (unpaired) electrons. The van der Waals surface area contributed by atoms with E-state index in [1.54, 1.807) is 6.92 Å². The summed E-state index contributed by atoms with van der Waals surface area (Å²) in [5.41, 5.74) is 0.768. The van der Waals surface area contributed by atoms with Gasteiger partial charge in [-0.25, -0.2) is 0 Å². The maximum Gasteiger partial charge on any atom is 0.159 e. The molecule has 1 aromatic carbocycles. The third kappa shape index (κ3) is 3.38. The first-order valence-corrected chi connectivity index (χ1v) is 6.75. The summed E-state index contributed by atoms with van der Waals surface area (Å²) in [4.78, 5) is 12.4. The lowest BCUT2D eigenvalue weighted by Crippen LogP contribution is -2.09. The predicted octanol–water partition coefficient (Wildman–Crippen LogP) is 3.24. The number of hydrogen-bond donors (Lipinski definition) is 0. The summed E-state index contributed by atoms with van der Waals surface area (Å²) < 4.78 is 0. The number of carbonyl (C=O) groups is 1. The van der Waals surface area contributed by atoms with Crippen molar-refractivity contribution in [3.05, 3.63) is 55.1 Å². The van der Waals surface area contributed by atoms with E-state index in [9.17, 15) is 4.79 Å². The second-order valence-corrected chi connectivity index (χ2v) is 5.61. The van der Waals surface area contributed by atoms with Gasteiger partial charge in [-0.1, -0.05) is 13.2 Å². The lowest BCUT2D eigenvalue weighted by Gasteiger charge is -2.04. The van der Waals surface area contributed by atoms with Gasteiger partial charge in [0.15, 0.2) is 10.7 Å². The van der Waals surface area contributed by atoms with Gasteiger partial charge in [-0.2, -0.15) is 0 Å². The van der Waals surface area contributed by atoms with E-state index >= 15 is 0 Å². The molecule has 0 fully saturated rings. The summed E-state index contributed by atoms with van der Waals surface area (Å²) in [6.07, 6.45) is 3.87. The molecule has 0 saturated heterocycles. The van der Waals surface area contributed by atoms with Crippen LogP contribution in [0.15, 0.2) is 54.5 Å². The van der Waals surface area contributed by atoms with Crippen molar-refractivity contribution in [1.29, 1.82) is 0 Å². The quantitative estimate of drug-likeness (QED) is 0.419. The minimum Gasteiger partial charge on any atom is -0.295 e. The molecule has 16 heavy (non-hydrogen) atoms. The molecule has 0 spiro atoms. The second-order valence-electron chi connectivity index (χ2n) is 3.48. The molecule has 0 atom stereocenters. The van der Waals surface area contributed by atoms with Gasteiger partial charge in [0.25, 0.3) is 0 Å². The molecule has 0 heterocycles. The highest BCUT2D eigenvalue weighted by molar-refractivity contribution is 7.97. The maximum absolute atomic E-state index is 11.1. The van der Waals surface area contributed by atoms with E-state index in [1.165, 1.54) is 4.90 Å². The largest absolute Gasteiger partial charge is 0.295 e. The first kappa shape index (κ1) is 12.8. The average molecular weight is 233 g/mol. The Balaban J connectivity index is 2.88. The number of ketones is 1. The lowest BCUT2D eigenvalue weighted by molar-refractivity contribution is 0.101. The molecule has 0 amide bonds. The molecule has 1 nitrogen and oxygen atoms in total. The Morgan fingerprint density at radius 3 is 2.06 bits per heavy atom. The van der Waals surface area contributed by atoms with Crippen molar-refractivity contribution >= 4 is 16.7 Å². The van der Waals surface area contributed by atoms with Gasteiger partial charge in [0.2, 0.25) is 0 Å². The van der Waals surface area contributed by atoms with Gasteiger partial charge in [0.05, 0.1) is 0 Å². The molecule has 2 heteroatoms. The molecular weight excluding hydrogens is 216 g/mol. The van der Waals surface area contributed by atoms with Gasteiger partial charge in [0, 0.05) is 16.5 Å². The Kier molecular flexibility index (Phi) is 5.06. The summed E-state index contributed by atoms with van der Waals surface area (Å²) in [5, 5.41) is 0. The van der Waals surface area contributed by atoms with Crippen LogP contribution in [0.2, 0.25) is 0 Å². The predicted molar refractivity (Wildman–Crippen MR) is 72.2 cm³/mol. The minimum absolute atomic E-state index is 0.110. The van der Waals surface area contributed by atoms with Crippen molar-refractivity contribution in [2.45, 2.75) is 11.8 Å². The SMILES string of the molecule is C=CC[S+](CC=C)c1ccc(C(C)=O)cc1. The minimum atomic E-state index is 0.110. The highest BCUT2D eigenvalue weighted by atomic mass is 32.2. The number of benzene rings is 1. The van der Waals surface area contributed by atoms with Crippen LogP contribution in [0.25, 0.3) is 0 Å². The third-order valence-corrected chi connectivity index (χ3v) is 4.45. The topological polar surface area (TPSA) is 17.1 Å². The van der Waals surface area contributed by atoms with Gasteiger partial charge < -0.3 is 0 Å². The average Bonchev–Trinajstić information content (AvgIpc) is 2.29. The first-order chi connectivity index (χ1) is 7.69. The van der Waals surface area contributed by atoms with Crippen molar-refractivity contribution in [1.82, 2.24) is 0 Å². The van der Waals surface area contributed by atoms with Crippen LogP contribution in [0.1, 0.15) is 17.3 Å². The zero-order valence-corrected chi connectivity index (χ0v) is 10.4. The van der Waals surface area contributed by atoms with Crippen molar-refractivity contribution in [3.8, 4) is 0 Å². The normalized spacial score (nSPS) is 10.1. The maximum atomic E-state index is 11.1. The van der Waals surface area contributed by atoms with E-state index in [4.69, 9.17) is 0 Å². The highest BCUT2D eigenvalue weighted by Crippen LogP contribution is 2.16. The number of carbonyl (C=O) groups excluding carboxylic acids is 1. The second kappa shape index (κ2) is 6.33. The Bertz CT molecular complexity index is 368. The monoisotopic (exact) mass is 233 g/mol. The van der Waals surface area contributed by atoms with Crippen LogP contribution in [0.3, 0.4) is 0 Å². The zero-order valence-electron chi connectivity index (χ0n) is 9.61. The molecule has 0 saturated carbocycles. The molecule has 0 aliphatic rings. The fourth-order valence-corrected chi connectivity index (χ4v) is 3.04. The fourth-order valence-electron chi connectivity index (χ4n) is 1.43. The highest BCUT2D eigenvalue weighted by Gasteiger charge is 2.18. The van der Waals surface area contributed by atoms with Gasteiger partial charge in [-0.05, 0) is 43.3 Å². The Morgan fingerprint density at radius 2 is 1.69 bits per heavy atom. The Labute approximate surface area is 100 Å². The third-order valence-electron chi connectivity index (χ3n) is 2.23. The lowest BCUT2D eigenvalue weighted by atomic mass is 10.2. The zero-order chi connectivity index (χ0) is 12.0. The standard InChI is InChI=1S/C14H17OS/c1-4-10-16(11-5-2)14-8-6-13(7-9-14)12(3)15/h4-9H,1-2,10-11H2,3H3/q+1. The van der Waals surface area contributed by atoms with Gasteiger partial charge in [-0.3, -0.25) is 4.79 Å². The van der Waals surface area contributed by atoms with Crippen LogP contribution in [0.5, 0.6) is 0 Å². The van der Waals surface area contributed by atoms with Crippen molar-refractivity contribution < 1.29 is 4.79 Å². The molecule has 0 aliphatic heterocycles. The summed E-state index contributed by atoms with van der Waals surface area (Å²) in [7, 11) is 0.143. The van der Waals surface area contributed by atoms with Crippen molar-refractivity contribution in [3.63, 3.8) is 0 Å². The number of rotatable bonds is 6. The molecule has 84 valence electrons. The molecular formula is C14H17OS+. The molecule has 1 aromatic rings. The molecule has 0 bridgehead atoms. The van der Waals surface area contributed by atoms with Crippen LogP contribution < -0.4 is 0 Å². The van der Waals surface area contributed by atoms with Crippen LogP contribution in [-0.4, -0.2) is 17.3 Å². The van der Waals surface area contributed by atoms with Crippen LogP contribution in [0, 0.1) is 0 Å². The van der Waals surface area contributed by atoms with Crippen LogP contribution >= 0.6 is 0 Å². The Hall–Kier alpha value is -1.28. The molecule has 0 unspecified atom stereocenters. The van der Waals surface area contributed by atoms with Gasteiger partial charge in [0.1, 0.15) is 11.5 Å². The van der Waals surface area contributed by atoms with E-state index < -0.39 is 0 Å². The van der Waals surface area contributed by atoms with Gasteiger partial charge in [-0.15, -0.1) is 0 Å². The summed E-state index contributed by atoms with van der Waals surface area (Å²) in [6, 6.07) is 7.85. The first-order valence-electron chi connectivity index (χ1n) is 5.19. The van der Waals surface area contributed by atoms with E-state index in [-0.39, 0.29) is 16.7 Å². The van der Waals surface area contributed by atoms with E-state index in [1.807, 2.05) is 36.4 Å². The summed E-state index contributed by atoms with van der Waals surface area (Å²) >= 11 is 0. The van der Waals surface area contributed by atoms with Crippen molar-refractivity contribution in [2.75, 3.05) is 11.5 Å². The van der Waals surface area contributed by atoms with Gasteiger partial charge >= 0.3 is 0 Å². The van der Waals surface area contributed by atoms with E-state index in [0.29, 0.717) is 0 Å². The number of hydrogen-bond acceptors (Lipinski definition) is 1. The molecule has 0 N–H and O–H groups in total. The molecule has 0 aliphatic carbocycles. The van der Waals surface area contributed by atoms with Crippen LogP contribution in [-0.2, 0) is 10.9 Å². The van der Waals surface area contributed by atoms with E-state index in [0.717, 1.165) is 17.1 Å². The fraction of sp³-hybridized carbons (Fsp3) is 0.214. The summed E-state index contributed by atoms with van der Waals surface area (Å²) in [6.45, 7) is 9.13. The number of Topliss-reactive ketones (excluding diaryl/α,β-unsaturated/α-hetero) is 1. The smallest absolute Gasteiger partial charge is 0.159 e. The molecule has 0 aromatic heterocycles. The Morgan fingerprint density at radius 1 is 1.19 bits per heavy atom. The molecule has 1 rings (SSSR count). The van der Waals surface area contributed by atoms with E-state index in [2.05, 4.69) is 13.2 Å². The van der Waals surface area contributed by atoms with Crippen LogP contribution in [0.4, 0.5) is 0 Å². The summed E-state index contributed by atoms with van der Waals surface area (Å²) in [5.74, 6) is 2.04. The van der Waals surface area contributed by atoms with Crippen molar-refractivity contribution in [2.24, 2.45) is 0 Å².